The van der Waals surface area contributed by atoms with Crippen molar-refractivity contribution >= 4 is 11.6 Å². The van der Waals surface area contributed by atoms with Gasteiger partial charge in [-0.05, 0) is 66.7 Å². The van der Waals surface area contributed by atoms with Crippen LogP contribution >= 0.6 is 0 Å². The molecule has 0 saturated carbocycles. The highest BCUT2D eigenvalue weighted by molar-refractivity contribution is 6.04. The third-order valence-electron chi connectivity index (χ3n) is 4.91. The molecule has 9 heteroatoms. The number of amides is 1. The van der Waals surface area contributed by atoms with Gasteiger partial charge < -0.3 is 19.5 Å². The molecular weight excluding hydrogens is 439 g/mol. The Balaban J connectivity index is 1.65. The number of rotatable bonds is 9. The van der Waals surface area contributed by atoms with Gasteiger partial charge in [-0.2, -0.15) is 4.98 Å². The van der Waals surface area contributed by atoms with Gasteiger partial charge in [0.25, 0.3) is 5.91 Å². The van der Waals surface area contributed by atoms with E-state index in [0.717, 1.165) is 11.3 Å². The van der Waals surface area contributed by atoms with E-state index >= 15 is 0 Å². The minimum absolute atomic E-state index is 0.198. The molecule has 0 aliphatic carbocycles. The van der Waals surface area contributed by atoms with E-state index in [1.54, 1.807) is 37.1 Å². The number of carbonyl (C=O) groups excluding carboxylic acids is 1. The molecule has 34 heavy (non-hydrogen) atoms. The number of halogens is 1. The number of anilines is 1. The third kappa shape index (κ3) is 5.38. The second kappa shape index (κ2) is 10.6. The van der Waals surface area contributed by atoms with Crippen molar-refractivity contribution in [2.75, 3.05) is 32.8 Å². The Hall–Kier alpha value is -4.24. The molecule has 0 spiro atoms. The van der Waals surface area contributed by atoms with Crippen LogP contribution in [0.25, 0.3) is 17.1 Å². The van der Waals surface area contributed by atoms with E-state index in [1.807, 2.05) is 30.3 Å². The summed E-state index contributed by atoms with van der Waals surface area (Å²) in [6, 6.07) is 20.1. The highest BCUT2D eigenvalue weighted by Gasteiger charge is 2.16. The van der Waals surface area contributed by atoms with Crippen LogP contribution in [0, 0.1) is 5.82 Å². The number of methoxy groups -OCH3 is 2. The maximum Gasteiger partial charge on any atom is 0.336 e. The molecule has 0 aliphatic heterocycles. The summed E-state index contributed by atoms with van der Waals surface area (Å²) < 4.78 is 30.7. The van der Waals surface area contributed by atoms with Crippen LogP contribution < -0.4 is 14.8 Å². The smallest absolute Gasteiger partial charge is 0.336 e. The molecule has 0 fully saturated rings. The number of nitrogens with zero attached hydrogens (tertiary/aromatic N) is 3. The van der Waals surface area contributed by atoms with Gasteiger partial charge in [-0.25, -0.2) is 9.07 Å². The second-order valence-corrected chi connectivity index (χ2v) is 7.21. The van der Waals surface area contributed by atoms with Crippen LogP contribution in [0.3, 0.4) is 0 Å². The summed E-state index contributed by atoms with van der Waals surface area (Å²) in [5, 5.41) is 7.33. The lowest BCUT2D eigenvalue weighted by atomic mass is 10.2. The van der Waals surface area contributed by atoms with E-state index in [2.05, 4.69) is 15.4 Å². The van der Waals surface area contributed by atoms with Crippen LogP contribution in [0.2, 0.25) is 0 Å². The SMILES string of the molecule is COCCOc1nc(-c2ccc(OC)cc2)n(-c2cccc(NC(=O)c3ccc(F)cc3)c2)n1. The molecule has 174 valence electrons. The Bertz CT molecular complexity index is 1260. The normalized spacial score (nSPS) is 10.7. The summed E-state index contributed by atoms with van der Waals surface area (Å²) in [4.78, 5) is 17.1. The first-order valence-electron chi connectivity index (χ1n) is 10.5. The Morgan fingerprint density at radius 1 is 1.00 bits per heavy atom. The Labute approximate surface area is 195 Å². The van der Waals surface area contributed by atoms with Crippen molar-refractivity contribution in [1.29, 1.82) is 0 Å². The molecule has 0 aliphatic rings. The van der Waals surface area contributed by atoms with Gasteiger partial charge in [-0.15, -0.1) is 5.10 Å². The first-order valence-corrected chi connectivity index (χ1v) is 10.5. The van der Waals surface area contributed by atoms with Crippen molar-refractivity contribution in [2.45, 2.75) is 0 Å². The van der Waals surface area contributed by atoms with Crippen LogP contribution in [0.5, 0.6) is 11.8 Å². The molecule has 1 aromatic heterocycles. The number of ether oxygens (including phenoxy) is 3. The molecule has 0 atom stereocenters. The molecule has 3 aromatic carbocycles. The lowest BCUT2D eigenvalue weighted by Crippen LogP contribution is -2.12. The number of carbonyl (C=O) groups is 1. The number of benzene rings is 3. The largest absolute Gasteiger partial charge is 0.497 e. The Kier molecular flexibility index (Phi) is 7.14. The first-order chi connectivity index (χ1) is 16.6. The minimum Gasteiger partial charge on any atom is -0.497 e. The van der Waals surface area contributed by atoms with Crippen LogP contribution in [-0.2, 0) is 4.74 Å². The Morgan fingerprint density at radius 3 is 2.47 bits per heavy atom. The number of nitrogens with one attached hydrogen (secondary N) is 1. The van der Waals surface area contributed by atoms with Gasteiger partial charge in [0.05, 0.1) is 19.4 Å². The van der Waals surface area contributed by atoms with Gasteiger partial charge in [0, 0.05) is 23.9 Å². The zero-order chi connectivity index (χ0) is 23.9. The molecule has 4 rings (SSSR count). The van der Waals surface area contributed by atoms with Crippen molar-refractivity contribution in [3.8, 4) is 28.8 Å². The summed E-state index contributed by atoms with van der Waals surface area (Å²) in [5.41, 5.74) is 2.36. The molecule has 0 bridgehead atoms. The lowest BCUT2D eigenvalue weighted by molar-refractivity contribution is 0.102. The van der Waals surface area contributed by atoms with Crippen molar-refractivity contribution < 1.29 is 23.4 Å². The molecule has 1 amide bonds. The molecule has 8 nitrogen and oxygen atoms in total. The second-order valence-electron chi connectivity index (χ2n) is 7.21. The van der Waals surface area contributed by atoms with E-state index < -0.39 is 5.82 Å². The standard InChI is InChI=1S/C25H23FN4O4/c1-32-14-15-34-25-28-23(17-8-12-22(33-2)13-9-17)30(29-25)21-5-3-4-20(16-21)27-24(31)18-6-10-19(26)11-7-18/h3-13,16H,14-15H2,1-2H3,(H,27,31). The summed E-state index contributed by atoms with van der Waals surface area (Å²) in [7, 11) is 3.19. The fourth-order valence-corrected chi connectivity index (χ4v) is 3.20. The van der Waals surface area contributed by atoms with Crippen molar-refractivity contribution in [3.05, 3.63) is 84.2 Å². The summed E-state index contributed by atoms with van der Waals surface area (Å²) in [6.45, 7) is 0.702. The highest BCUT2D eigenvalue weighted by Crippen LogP contribution is 2.26. The molecule has 1 N–H and O–H groups in total. The number of hydrogen-bond donors (Lipinski definition) is 1. The van der Waals surface area contributed by atoms with Crippen molar-refractivity contribution in [2.24, 2.45) is 0 Å². The summed E-state index contributed by atoms with van der Waals surface area (Å²) >= 11 is 0. The van der Waals surface area contributed by atoms with Crippen molar-refractivity contribution in [1.82, 2.24) is 14.8 Å². The maximum atomic E-state index is 13.2. The van der Waals surface area contributed by atoms with Crippen LogP contribution in [0.4, 0.5) is 10.1 Å². The van der Waals surface area contributed by atoms with E-state index in [1.165, 1.54) is 24.3 Å². The third-order valence-corrected chi connectivity index (χ3v) is 4.91. The van der Waals surface area contributed by atoms with Gasteiger partial charge in [0.1, 0.15) is 18.2 Å². The molecular formula is C25H23FN4O4. The lowest BCUT2D eigenvalue weighted by Gasteiger charge is -2.10. The quantitative estimate of drug-likeness (QED) is 0.372. The van der Waals surface area contributed by atoms with Crippen molar-refractivity contribution in [3.63, 3.8) is 0 Å². The topological polar surface area (TPSA) is 87.5 Å². The monoisotopic (exact) mass is 462 g/mol. The average molecular weight is 462 g/mol. The predicted molar refractivity (Wildman–Crippen MR) is 125 cm³/mol. The van der Waals surface area contributed by atoms with E-state index in [9.17, 15) is 9.18 Å². The molecule has 0 unspecified atom stereocenters. The van der Waals surface area contributed by atoms with Gasteiger partial charge >= 0.3 is 6.01 Å². The van der Waals surface area contributed by atoms with E-state index in [-0.39, 0.29) is 11.9 Å². The van der Waals surface area contributed by atoms with Crippen LogP contribution in [0.1, 0.15) is 10.4 Å². The zero-order valence-corrected chi connectivity index (χ0v) is 18.7. The molecule has 1 heterocycles. The van der Waals surface area contributed by atoms with Gasteiger partial charge in [0.2, 0.25) is 0 Å². The van der Waals surface area contributed by atoms with Gasteiger partial charge in [-0.3, -0.25) is 4.79 Å². The zero-order valence-electron chi connectivity index (χ0n) is 18.7. The average Bonchev–Trinajstić information content (AvgIpc) is 3.29. The first kappa shape index (κ1) is 22.9. The van der Waals surface area contributed by atoms with Crippen LogP contribution in [-0.4, -0.2) is 48.1 Å². The predicted octanol–water partition coefficient (Wildman–Crippen LogP) is 4.36. The molecule has 4 aromatic rings. The fraction of sp³-hybridized carbons (Fsp3) is 0.160. The minimum atomic E-state index is -0.403. The summed E-state index contributed by atoms with van der Waals surface area (Å²) in [6.07, 6.45) is 0. The highest BCUT2D eigenvalue weighted by atomic mass is 19.1. The van der Waals surface area contributed by atoms with E-state index in [0.29, 0.717) is 36.0 Å². The van der Waals surface area contributed by atoms with E-state index in [4.69, 9.17) is 14.2 Å². The Morgan fingerprint density at radius 2 is 1.76 bits per heavy atom. The number of hydrogen-bond acceptors (Lipinski definition) is 6. The van der Waals surface area contributed by atoms with Gasteiger partial charge in [-0.1, -0.05) is 6.07 Å². The fourth-order valence-electron chi connectivity index (χ4n) is 3.20. The molecule has 0 saturated heterocycles. The maximum absolute atomic E-state index is 13.2. The van der Waals surface area contributed by atoms with Gasteiger partial charge in [0.15, 0.2) is 5.82 Å². The van der Waals surface area contributed by atoms with Crippen LogP contribution in [0.15, 0.2) is 72.8 Å². The molecule has 0 radical (unpaired) electrons. The number of aromatic nitrogens is 3. The summed E-state index contributed by atoms with van der Waals surface area (Å²) in [5.74, 6) is 0.517.